The van der Waals surface area contributed by atoms with Crippen LogP contribution >= 0.6 is 11.3 Å². The first-order chi connectivity index (χ1) is 15.7. The van der Waals surface area contributed by atoms with Gasteiger partial charge in [-0.15, -0.1) is 10.2 Å². The number of carbonyl (C=O) groups excluding carboxylic acids is 2. The fourth-order valence-corrected chi connectivity index (χ4v) is 4.39. The molecular formula is C21H17F4N5O2S. The van der Waals surface area contributed by atoms with Crippen molar-refractivity contribution in [3.63, 3.8) is 0 Å². The first-order valence-corrected chi connectivity index (χ1v) is 10.7. The molecule has 1 atom stereocenters. The van der Waals surface area contributed by atoms with Gasteiger partial charge < -0.3 is 15.5 Å². The Morgan fingerprint density at radius 2 is 1.85 bits per heavy atom. The number of hydrogen-bond donors (Lipinski definition) is 2. The molecule has 0 aliphatic carbocycles. The van der Waals surface area contributed by atoms with Gasteiger partial charge in [0, 0.05) is 12.2 Å². The fourth-order valence-electron chi connectivity index (χ4n) is 3.50. The number of alkyl halides is 3. The molecular weight excluding hydrogens is 462 g/mol. The molecule has 0 saturated carbocycles. The van der Waals surface area contributed by atoms with Crippen LogP contribution in [-0.4, -0.2) is 33.6 Å². The zero-order valence-corrected chi connectivity index (χ0v) is 17.7. The van der Waals surface area contributed by atoms with E-state index in [9.17, 15) is 27.2 Å². The summed E-state index contributed by atoms with van der Waals surface area (Å²) in [5.74, 6) is -1.09. The van der Waals surface area contributed by atoms with Crippen LogP contribution < -0.4 is 10.6 Å². The highest BCUT2D eigenvalue weighted by molar-refractivity contribution is 7.13. The molecule has 2 heterocycles. The highest BCUT2D eigenvalue weighted by atomic mass is 32.1. The van der Waals surface area contributed by atoms with Crippen molar-refractivity contribution in [1.82, 2.24) is 15.1 Å². The number of urea groups is 1. The maximum Gasteiger partial charge on any atom is 0.418 e. The van der Waals surface area contributed by atoms with Crippen LogP contribution in [-0.2, 0) is 6.18 Å². The van der Waals surface area contributed by atoms with Crippen LogP contribution in [0, 0.1) is 5.82 Å². The largest absolute Gasteiger partial charge is 0.418 e. The van der Waals surface area contributed by atoms with Gasteiger partial charge >= 0.3 is 12.2 Å². The Morgan fingerprint density at radius 3 is 2.61 bits per heavy atom. The summed E-state index contributed by atoms with van der Waals surface area (Å²) in [6, 6.07) is 8.86. The van der Waals surface area contributed by atoms with Crippen LogP contribution in [0.25, 0.3) is 0 Å². The van der Waals surface area contributed by atoms with Crippen molar-refractivity contribution in [2.75, 3.05) is 17.2 Å². The minimum absolute atomic E-state index is 0.0175. The van der Waals surface area contributed by atoms with Gasteiger partial charge in [0.05, 0.1) is 17.3 Å². The van der Waals surface area contributed by atoms with Crippen LogP contribution in [0.15, 0.2) is 48.5 Å². The summed E-state index contributed by atoms with van der Waals surface area (Å²) in [5, 5.41) is 13.1. The number of nitrogens with one attached hydrogen (secondary N) is 2. The summed E-state index contributed by atoms with van der Waals surface area (Å²) >= 11 is 0.967. The van der Waals surface area contributed by atoms with Crippen molar-refractivity contribution in [2.24, 2.45) is 0 Å². The lowest BCUT2D eigenvalue weighted by Crippen LogP contribution is -2.35. The zero-order valence-electron chi connectivity index (χ0n) is 16.9. The smallest absolute Gasteiger partial charge is 0.320 e. The van der Waals surface area contributed by atoms with E-state index in [-0.39, 0.29) is 16.4 Å². The Hall–Kier alpha value is -3.54. The third-order valence-corrected chi connectivity index (χ3v) is 6.01. The Balaban J connectivity index is 1.47. The Labute approximate surface area is 189 Å². The van der Waals surface area contributed by atoms with Crippen molar-refractivity contribution < 1.29 is 27.2 Å². The van der Waals surface area contributed by atoms with Gasteiger partial charge in [-0.1, -0.05) is 29.5 Å². The van der Waals surface area contributed by atoms with Gasteiger partial charge in [-0.25, -0.2) is 9.18 Å². The first-order valence-electron chi connectivity index (χ1n) is 9.86. The maximum atomic E-state index is 13.3. The van der Waals surface area contributed by atoms with E-state index in [1.54, 1.807) is 0 Å². The van der Waals surface area contributed by atoms with Crippen LogP contribution in [0.4, 0.5) is 33.7 Å². The predicted molar refractivity (Wildman–Crippen MR) is 113 cm³/mol. The molecule has 12 heteroatoms. The van der Waals surface area contributed by atoms with Gasteiger partial charge in [-0.3, -0.25) is 4.79 Å². The molecule has 1 fully saturated rings. The second-order valence-corrected chi connectivity index (χ2v) is 8.24. The van der Waals surface area contributed by atoms with E-state index in [1.165, 1.54) is 41.3 Å². The van der Waals surface area contributed by atoms with Gasteiger partial charge in [-0.2, -0.15) is 13.2 Å². The summed E-state index contributed by atoms with van der Waals surface area (Å²) in [6.45, 7) is 0.315. The molecule has 172 valence electrons. The average molecular weight is 479 g/mol. The van der Waals surface area contributed by atoms with Crippen molar-refractivity contribution in [1.29, 1.82) is 0 Å². The molecule has 4 rings (SSSR count). The number of aromatic nitrogens is 2. The maximum absolute atomic E-state index is 13.3. The molecule has 1 aromatic heterocycles. The Kier molecular flexibility index (Phi) is 6.27. The van der Waals surface area contributed by atoms with E-state index in [4.69, 9.17) is 0 Å². The fraction of sp³-hybridized carbons (Fsp3) is 0.238. The average Bonchev–Trinajstić information content (AvgIpc) is 3.43. The number of nitrogens with zero attached hydrogens (tertiary/aromatic N) is 3. The molecule has 2 aromatic carbocycles. The van der Waals surface area contributed by atoms with E-state index in [1.807, 2.05) is 0 Å². The molecule has 33 heavy (non-hydrogen) atoms. The highest BCUT2D eigenvalue weighted by Gasteiger charge is 2.36. The van der Waals surface area contributed by atoms with Gasteiger partial charge in [0.15, 0.2) is 0 Å². The topological polar surface area (TPSA) is 87.2 Å². The summed E-state index contributed by atoms with van der Waals surface area (Å²) in [5.41, 5.74) is -1.03. The number of rotatable bonds is 4. The van der Waals surface area contributed by atoms with E-state index in [0.29, 0.717) is 24.4 Å². The SMILES string of the molecule is O=C(Nc1cccc(F)c1)c1nnc([C@@H]2CCCN2C(=O)Nc2ccccc2C(F)(F)F)s1. The van der Waals surface area contributed by atoms with E-state index < -0.39 is 35.5 Å². The highest BCUT2D eigenvalue weighted by Crippen LogP contribution is 2.37. The molecule has 0 bridgehead atoms. The Morgan fingerprint density at radius 1 is 1.06 bits per heavy atom. The molecule has 0 radical (unpaired) electrons. The number of anilines is 2. The van der Waals surface area contributed by atoms with Gasteiger partial charge in [0.25, 0.3) is 5.91 Å². The third kappa shape index (κ3) is 5.11. The summed E-state index contributed by atoms with van der Waals surface area (Å²) in [7, 11) is 0. The number of halogens is 4. The quantitative estimate of drug-likeness (QED) is 0.496. The summed E-state index contributed by atoms with van der Waals surface area (Å²) in [6.07, 6.45) is -3.48. The number of carbonyl (C=O) groups is 2. The van der Waals surface area contributed by atoms with Gasteiger partial charge in [-0.05, 0) is 43.2 Å². The molecule has 7 nitrogen and oxygen atoms in total. The lowest BCUT2D eigenvalue weighted by Gasteiger charge is -2.24. The molecule has 0 spiro atoms. The van der Waals surface area contributed by atoms with Crippen LogP contribution in [0.5, 0.6) is 0 Å². The Bertz CT molecular complexity index is 1180. The van der Waals surface area contributed by atoms with Crippen LogP contribution in [0.2, 0.25) is 0 Å². The number of hydrogen-bond acceptors (Lipinski definition) is 5. The predicted octanol–water partition coefficient (Wildman–Crippen LogP) is 5.32. The van der Waals surface area contributed by atoms with Gasteiger partial charge in [0.2, 0.25) is 5.01 Å². The van der Waals surface area contributed by atoms with Gasteiger partial charge in [0.1, 0.15) is 10.8 Å². The molecule has 1 saturated heterocycles. The van der Waals surface area contributed by atoms with Crippen LogP contribution in [0.3, 0.4) is 0 Å². The number of amides is 3. The minimum Gasteiger partial charge on any atom is -0.320 e. The number of benzene rings is 2. The molecule has 0 unspecified atom stereocenters. The minimum atomic E-state index is -4.61. The van der Waals surface area contributed by atoms with E-state index >= 15 is 0 Å². The molecule has 1 aliphatic rings. The monoisotopic (exact) mass is 479 g/mol. The first kappa shape index (κ1) is 22.6. The van der Waals surface area contributed by atoms with E-state index in [0.717, 1.165) is 23.5 Å². The molecule has 2 N–H and O–H groups in total. The number of likely N-dealkylation sites (tertiary alicyclic amines) is 1. The van der Waals surface area contributed by atoms with Crippen molar-refractivity contribution in [3.05, 3.63) is 69.9 Å². The standard InChI is InChI=1S/C21H17F4N5O2S/c22-12-5-3-6-13(11-12)26-17(31)19-29-28-18(33-19)16-9-4-10-30(16)20(32)27-15-8-2-1-7-14(15)21(23,24)25/h1-3,5-8,11,16H,4,9-10H2,(H,26,31)(H,27,32)/t16-/m0/s1. The lowest BCUT2D eigenvalue weighted by atomic mass is 10.1. The lowest BCUT2D eigenvalue weighted by molar-refractivity contribution is -0.136. The normalized spacial score (nSPS) is 16.0. The summed E-state index contributed by atoms with van der Waals surface area (Å²) < 4.78 is 53.0. The molecule has 1 aliphatic heterocycles. The van der Waals surface area contributed by atoms with Crippen LogP contribution in [0.1, 0.15) is 39.3 Å². The third-order valence-electron chi connectivity index (χ3n) is 4.99. The second-order valence-electron chi connectivity index (χ2n) is 7.23. The number of para-hydroxylation sites is 1. The van der Waals surface area contributed by atoms with Crippen molar-refractivity contribution in [2.45, 2.75) is 25.1 Å². The summed E-state index contributed by atoms with van der Waals surface area (Å²) in [4.78, 5) is 26.6. The second kappa shape index (κ2) is 9.14. The van der Waals surface area contributed by atoms with E-state index in [2.05, 4.69) is 20.8 Å². The van der Waals surface area contributed by atoms with Crippen molar-refractivity contribution in [3.8, 4) is 0 Å². The molecule has 3 amide bonds. The molecule has 3 aromatic rings. The zero-order chi connectivity index (χ0) is 23.6. The van der Waals surface area contributed by atoms with Crippen molar-refractivity contribution >= 4 is 34.6 Å².